The van der Waals surface area contributed by atoms with Gasteiger partial charge in [-0.05, 0) is 55.1 Å². The van der Waals surface area contributed by atoms with Gasteiger partial charge >= 0.3 is 24.3 Å². The van der Waals surface area contributed by atoms with E-state index in [1.54, 1.807) is 13.8 Å². The largest absolute Gasteiger partial charge is 0.453 e. The lowest BCUT2D eigenvalue weighted by atomic mass is 9.75. The minimum atomic E-state index is -5.78. The number of imide groups is 1. The van der Waals surface area contributed by atoms with Crippen LogP contribution in [-0.4, -0.2) is 66.9 Å². The van der Waals surface area contributed by atoms with Crippen molar-refractivity contribution >= 4 is 27.5 Å². The predicted octanol–water partition coefficient (Wildman–Crippen LogP) is 6.62. The van der Waals surface area contributed by atoms with Gasteiger partial charge in [0.2, 0.25) is 5.91 Å². The summed E-state index contributed by atoms with van der Waals surface area (Å²) in [4.78, 5) is 34.7. The Bertz CT molecular complexity index is 1320. The van der Waals surface area contributed by atoms with Crippen LogP contribution in [0.25, 0.3) is 0 Å². The van der Waals surface area contributed by atoms with Crippen LogP contribution in [0.5, 0.6) is 0 Å². The molecule has 1 unspecified atom stereocenters. The van der Waals surface area contributed by atoms with Gasteiger partial charge in [-0.15, -0.1) is 0 Å². The lowest BCUT2D eigenvalue weighted by Gasteiger charge is -2.31. The second-order valence-corrected chi connectivity index (χ2v) is 13.9. The molecule has 3 amide bonds. The molecule has 2 rings (SSSR count). The number of urea groups is 1. The number of amides is 3. The van der Waals surface area contributed by atoms with E-state index in [1.807, 2.05) is 0 Å². The molecular weight excluding hydrogens is 634 g/mol. The molecule has 0 aromatic heterocycles. The second-order valence-electron chi connectivity index (χ2n) is 11.6. The number of nitro groups is 1. The smallest absolute Gasteiger partial charge is 0.315 e. The van der Waals surface area contributed by atoms with E-state index in [0.717, 1.165) is 6.07 Å². The molecule has 44 heavy (non-hydrogen) atoms. The summed E-state index contributed by atoms with van der Waals surface area (Å²) in [5, 5.41) is 13.3. The Balaban J connectivity index is 2.10. The van der Waals surface area contributed by atoms with Crippen LogP contribution in [0.4, 0.5) is 45.6 Å². The first-order chi connectivity index (χ1) is 19.9. The van der Waals surface area contributed by atoms with Crippen LogP contribution in [0.15, 0.2) is 18.2 Å². The summed E-state index contributed by atoms with van der Waals surface area (Å²) in [6.45, 7) is 3.26. The predicted molar refractivity (Wildman–Crippen MR) is 142 cm³/mol. The van der Waals surface area contributed by atoms with Crippen molar-refractivity contribution in [3.8, 4) is 0 Å². The molecule has 1 aliphatic rings. The first kappa shape index (κ1) is 37.1. The Morgan fingerprint density at radius 2 is 1.59 bits per heavy atom. The van der Waals surface area contributed by atoms with Crippen LogP contribution >= 0.6 is 0 Å². The molecule has 18 heteroatoms. The molecular formula is C26H33F8N3O6S. The summed E-state index contributed by atoms with van der Waals surface area (Å²) in [6, 6.07) is 1.96. The highest BCUT2D eigenvalue weighted by Crippen LogP contribution is 2.42. The Labute approximate surface area is 248 Å². The van der Waals surface area contributed by atoms with E-state index in [1.165, 1.54) is 11.0 Å². The molecule has 0 bridgehead atoms. The van der Waals surface area contributed by atoms with Crippen molar-refractivity contribution < 1.29 is 58.1 Å². The molecule has 0 saturated carbocycles. The number of halogens is 8. The van der Waals surface area contributed by atoms with Gasteiger partial charge in [0, 0.05) is 19.0 Å². The quantitative estimate of drug-likeness (QED) is 0.0695. The SMILES string of the molecule is CC(C)(CCCCS(=O)(=O)CCCC(F)(F)C(F)(F)F)CC(CCN1CC(=O)NC1=O)c1ccc([N+](=O)[O-])c(C(F)(F)F)c1. The summed E-state index contributed by atoms with van der Waals surface area (Å²) < 4.78 is 128. The highest BCUT2D eigenvalue weighted by molar-refractivity contribution is 7.91. The topological polar surface area (TPSA) is 127 Å². The molecule has 1 atom stereocenters. The highest BCUT2D eigenvalue weighted by atomic mass is 32.2. The first-order valence-electron chi connectivity index (χ1n) is 13.5. The average Bonchev–Trinajstić information content (AvgIpc) is 3.19. The van der Waals surface area contributed by atoms with Crippen molar-refractivity contribution in [2.45, 2.75) is 83.0 Å². The standard InChI is InChI=1S/C26H33F8N3O6S/c1-23(2,9-3-4-12-44(42,43)13-5-10-24(27,28)26(32,33)34)15-18(8-11-36-16-21(38)35-22(36)39)17-6-7-20(37(40)41)19(14-17)25(29,30)31/h6-7,14,18H,3-5,8-13,15-16H2,1-2H3,(H,35,38,39). The van der Waals surface area contributed by atoms with Gasteiger partial charge in [0.05, 0.1) is 16.4 Å². The average molecular weight is 668 g/mol. The van der Waals surface area contributed by atoms with Crippen LogP contribution in [-0.2, 0) is 20.8 Å². The second kappa shape index (κ2) is 13.9. The minimum Gasteiger partial charge on any atom is -0.315 e. The summed E-state index contributed by atoms with van der Waals surface area (Å²) >= 11 is 0. The molecule has 1 aromatic rings. The monoisotopic (exact) mass is 667 g/mol. The van der Waals surface area contributed by atoms with Crippen LogP contribution in [0, 0.1) is 15.5 Å². The van der Waals surface area contributed by atoms with E-state index in [4.69, 9.17) is 0 Å². The minimum absolute atomic E-state index is 0.0116. The van der Waals surface area contributed by atoms with Gasteiger partial charge in [0.1, 0.15) is 21.9 Å². The van der Waals surface area contributed by atoms with E-state index in [-0.39, 0.29) is 44.3 Å². The van der Waals surface area contributed by atoms with Crippen molar-refractivity contribution in [2.75, 3.05) is 24.6 Å². The number of carbonyl (C=O) groups excluding carboxylic acids is 2. The summed E-state index contributed by atoms with van der Waals surface area (Å²) in [5.41, 5.74) is -3.12. The fraction of sp³-hybridized carbons (Fsp3) is 0.692. The zero-order valence-electron chi connectivity index (χ0n) is 23.9. The lowest BCUT2D eigenvalue weighted by molar-refractivity contribution is -0.388. The number of sulfone groups is 1. The van der Waals surface area contributed by atoms with Crippen LogP contribution in [0.2, 0.25) is 0 Å². The first-order valence-corrected chi connectivity index (χ1v) is 15.4. The third kappa shape index (κ3) is 10.8. The molecule has 1 heterocycles. The molecule has 1 aromatic carbocycles. The fourth-order valence-corrected chi connectivity index (χ4v) is 6.44. The van der Waals surface area contributed by atoms with Crippen LogP contribution in [0.1, 0.15) is 75.8 Å². The summed E-state index contributed by atoms with van der Waals surface area (Å²) in [6.07, 6.45) is -12.4. The molecule has 1 aliphatic heterocycles. The number of rotatable bonds is 16. The molecule has 0 aliphatic carbocycles. The molecule has 9 nitrogen and oxygen atoms in total. The number of benzene rings is 1. The van der Waals surface area contributed by atoms with Gasteiger partial charge in [-0.25, -0.2) is 13.2 Å². The molecule has 1 N–H and O–H groups in total. The Morgan fingerprint density at radius 3 is 2.11 bits per heavy atom. The lowest BCUT2D eigenvalue weighted by Crippen LogP contribution is -2.36. The molecule has 250 valence electrons. The maximum Gasteiger partial charge on any atom is 0.453 e. The molecule has 0 radical (unpaired) electrons. The zero-order valence-corrected chi connectivity index (χ0v) is 24.7. The Hall–Kier alpha value is -3.05. The Kier molecular flexibility index (Phi) is 11.8. The van der Waals surface area contributed by atoms with Crippen molar-refractivity contribution in [1.82, 2.24) is 10.2 Å². The fourth-order valence-electron chi connectivity index (χ4n) is 5.01. The van der Waals surface area contributed by atoms with Gasteiger partial charge in [0.25, 0.3) is 5.69 Å². The summed E-state index contributed by atoms with van der Waals surface area (Å²) in [7, 11) is -3.92. The summed E-state index contributed by atoms with van der Waals surface area (Å²) in [5.74, 6) is -7.53. The highest BCUT2D eigenvalue weighted by Gasteiger charge is 2.56. The number of nitrogens with zero attached hydrogens (tertiary/aromatic N) is 2. The van der Waals surface area contributed by atoms with Gasteiger partial charge in [0.15, 0.2) is 0 Å². The zero-order chi connectivity index (χ0) is 33.7. The number of hydrogen-bond donors (Lipinski definition) is 1. The van der Waals surface area contributed by atoms with E-state index in [9.17, 15) is 63.2 Å². The third-order valence-electron chi connectivity index (χ3n) is 7.33. The van der Waals surface area contributed by atoms with Crippen molar-refractivity contribution in [3.05, 3.63) is 39.4 Å². The third-order valence-corrected chi connectivity index (χ3v) is 9.15. The van der Waals surface area contributed by atoms with E-state index in [0.29, 0.717) is 12.5 Å². The number of unbranched alkanes of at least 4 members (excludes halogenated alkanes) is 1. The Morgan fingerprint density at radius 1 is 0.977 bits per heavy atom. The molecule has 0 spiro atoms. The van der Waals surface area contributed by atoms with E-state index < -0.39 is 91.9 Å². The number of nitrogens with one attached hydrogen (secondary N) is 1. The van der Waals surface area contributed by atoms with Gasteiger partial charge in [-0.2, -0.15) is 35.1 Å². The number of carbonyl (C=O) groups is 2. The van der Waals surface area contributed by atoms with E-state index >= 15 is 0 Å². The molecule has 1 fully saturated rings. The van der Waals surface area contributed by atoms with Gasteiger partial charge < -0.3 is 4.90 Å². The number of nitro benzene ring substituents is 1. The normalized spacial score (nSPS) is 15.9. The van der Waals surface area contributed by atoms with Gasteiger partial charge in [-0.3, -0.25) is 20.2 Å². The van der Waals surface area contributed by atoms with Crippen molar-refractivity contribution in [3.63, 3.8) is 0 Å². The maximum atomic E-state index is 13.7. The van der Waals surface area contributed by atoms with Crippen molar-refractivity contribution in [1.29, 1.82) is 0 Å². The van der Waals surface area contributed by atoms with Gasteiger partial charge in [-0.1, -0.05) is 26.3 Å². The number of hydrogen-bond acceptors (Lipinski definition) is 6. The number of alkyl halides is 8. The van der Waals surface area contributed by atoms with E-state index in [2.05, 4.69) is 5.32 Å². The maximum absolute atomic E-state index is 13.7. The van der Waals surface area contributed by atoms with Crippen molar-refractivity contribution in [2.24, 2.45) is 5.41 Å². The van der Waals surface area contributed by atoms with Crippen LogP contribution < -0.4 is 5.32 Å². The molecule has 1 saturated heterocycles. The van der Waals surface area contributed by atoms with Crippen LogP contribution in [0.3, 0.4) is 0 Å².